The summed E-state index contributed by atoms with van der Waals surface area (Å²) in [6, 6.07) is 9.51. The maximum atomic E-state index is 11.8. The third kappa shape index (κ3) is 4.95. The number of hydrogen-bond donors (Lipinski definition) is 3. The minimum atomic E-state index is -0.664. The summed E-state index contributed by atoms with van der Waals surface area (Å²) < 4.78 is 0. The minimum Gasteiger partial charge on any atom is -0.393 e. The van der Waals surface area contributed by atoms with E-state index in [2.05, 4.69) is 29.3 Å². The van der Waals surface area contributed by atoms with Crippen molar-refractivity contribution in [3.05, 3.63) is 35.4 Å². The van der Waals surface area contributed by atoms with Crippen molar-refractivity contribution in [2.45, 2.75) is 126 Å². The maximum Gasteiger partial charge on any atom is 0.150 e. The molecule has 37 heavy (non-hydrogen) atoms. The van der Waals surface area contributed by atoms with Gasteiger partial charge in [-0.2, -0.15) is 0 Å². The molecular weight excluding hydrogens is 460 g/mol. The van der Waals surface area contributed by atoms with Crippen LogP contribution in [-0.4, -0.2) is 57.9 Å². The average Bonchev–Trinajstić information content (AvgIpc) is 3.35. The van der Waals surface area contributed by atoms with E-state index in [4.69, 9.17) is 0 Å². The fourth-order valence-electron chi connectivity index (χ4n) is 9.26. The molecule has 0 spiro atoms. The number of nitrogens with one attached hydrogen (secondary N) is 1. The highest BCUT2D eigenvalue weighted by molar-refractivity contribution is 5.74. The van der Waals surface area contributed by atoms with E-state index in [-0.39, 0.29) is 12.0 Å². The van der Waals surface area contributed by atoms with Gasteiger partial charge in [-0.1, -0.05) is 69.7 Å². The van der Waals surface area contributed by atoms with Crippen LogP contribution >= 0.6 is 0 Å². The van der Waals surface area contributed by atoms with Crippen molar-refractivity contribution in [3.63, 3.8) is 0 Å². The van der Waals surface area contributed by atoms with E-state index in [0.717, 1.165) is 56.4 Å². The minimum absolute atomic E-state index is 0.148. The van der Waals surface area contributed by atoms with E-state index >= 15 is 0 Å². The van der Waals surface area contributed by atoms with Crippen LogP contribution in [0.15, 0.2) is 24.3 Å². The highest BCUT2D eigenvalue weighted by Crippen LogP contribution is 2.57. The van der Waals surface area contributed by atoms with Crippen molar-refractivity contribution in [2.24, 2.45) is 23.7 Å². The molecule has 3 N–H and O–H groups in total. The predicted molar refractivity (Wildman–Crippen MR) is 146 cm³/mol. The number of carbonyl (C=O) groups is 1. The Morgan fingerprint density at radius 3 is 2.65 bits per heavy atom. The molecule has 1 aromatic rings. The average molecular weight is 509 g/mol. The number of aliphatic hydroxyl groups excluding tert-OH is 1. The molecule has 11 atom stereocenters. The first-order valence-corrected chi connectivity index (χ1v) is 15.5. The van der Waals surface area contributed by atoms with Crippen LogP contribution in [0.4, 0.5) is 0 Å². The zero-order valence-corrected chi connectivity index (χ0v) is 22.7. The second-order valence-corrected chi connectivity index (χ2v) is 13.3. The van der Waals surface area contributed by atoms with Gasteiger partial charge < -0.3 is 15.5 Å². The maximum absolute atomic E-state index is 11.8. The molecule has 0 bridgehead atoms. The molecule has 3 heterocycles. The van der Waals surface area contributed by atoms with Gasteiger partial charge in [0.2, 0.25) is 0 Å². The van der Waals surface area contributed by atoms with E-state index in [1.165, 1.54) is 56.9 Å². The highest BCUT2D eigenvalue weighted by Gasteiger charge is 2.68. The van der Waals surface area contributed by atoms with Crippen molar-refractivity contribution >= 4 is 6.29 Å². The van der Waals surface area contributed by atoms with Crippen LogP contribution < -0.4 is 5.32 Å². The molecule has 2 saturated carbocycles. The lowest BCUT2D eigenvalue weighted by Crippen LogP contribution is -2.52. The van der Waals surface area contributed by atoms with Crippen LogP contribution in [0.5, 0.6) is 0 Å². The first-order chi connectivity index (χ1) is 18.0. The Bertz CT molecular complexity index is 936. The number of benzene rings is 1. The number of piperidine rings is 2. The SMILES string of the molecule is CCCCCC1CCCC(C(c2ccc(C=O)cc2)C2CC(C3CCC4C(O)CCC4N3)C3(O)CN23)C1. The number of unbranched alkanes of at least 4 members (excludes halogenated alkanes) is 2. The van der Waals surface area contributed by atoms with E-state index in [1.54, 1.807) is 0 Å². The number of rotatable bonds is 9. The van der Waals surface area contributed by atoms with Crippen LogP contribution in [-0.2, 0) is 0 Å². The topological polar surface area (TPSA) is 72.6 Å². The van der Waals surface area contributed by atoms with Crippen LogP contribution in [0.25, 0.3) is 0 Å². The molecule has 204 valence electrons. The third-order valence-corrected chi connectivity index (χ3v) is 11.2. The molecule has 3 aliphatic heterocycles. The van der Waals surface area contributed by atoms with E-state index in [0.29, 0.717) is 35.9 Å². The van der Waals surface area contributed by atoms with Gasteiger partial charge in [0.15, 0.2) is 0 Å². The first kappa shape index (κ1) is 26.0. The second kappa shape index (κ2) is 10.7. The van der Waals surface area contributed by atoms with Crippen molar-refractivity contribution in [1.82, 2.24) is 10.2 Å². The lowest BCUT2D eigenvalue weighted by Gasteiger charge is -2.40. The summed E-state index contributed by atoms with van der Waals surface area (Å²) in [7, 11) is 0. The molecular formula is C32H48N2O3. The van der Waals surface area contributed by atoms with Gasteiger partial charge in [-0.25, -0.2) is 0 Å². The Hall–Kier alpha value is -1.27. The first-order valence-electron chi connectivity index (χ1n) is 15.5. The Balaban J connectivity index is 1.22. The predicted octanol–water partition coefficient (Wildman–Crippen LogP) is 5.25. The van der Waals surface area contributed by atoms with E-state index in [9.17, 15) is 15.0 Å². The van der Waals surface area contributed by atoms with E-state index in [1.807, 2.05) is 12.1 Å². The molecule has 5 aliphatic rings. The summed E-state index contributed by atoms with van der Waals surface area (Å²) in [5.41, 5.74) is 1.44. The Labute approximate surface area is 223 Å². The number of carbonyl (C=O) groups excluding carboxylic acids is 1. The smallest absolute Gasteiger partial charge is 0.150 e. The van der Waals surface area contributed by atoms with Crippen molar-refractivity contribution in [1.29, 1.82) is 0 Å². The lowest BCUT2D eigenvalue weighted by atomic mass is 9.68. The Morgan fingerprint density at radius 2 is 1.86 bits per heavy atom. The van der Waals surface area contributed by atoms with Crippen LogP contribution in [0, 0.1) is 23.7 Å². The van der Waals surface area contributed by atoms with Crippen molar-refractivity contribution in [2.75, 3.05) is 6.54 Å². The number of aldehydes is 1. The van der Waals surface area contributed by atoms with Crippen LogP contribution in [0.3, 0.4) is 0 Å². The van der Waals surface area contributed by atoms with Gasteiger partial charge in [0.1, 0.15) is 12.0 Å². The van der Waals surface area contributed by atoms with Gasteiger partial charge in [-0.3, -0.25) is 9.69 Å². The number of hydrogen-bond acceptors (Lipinski definition) is 5. The molecule has 5 fully saturated rings. The van der Waals surface area contributed by atoms with Gasteiger partial charge in [0.25, 0.3) is 0 Å². The standard InChI is InChI=1S/C32H48N2O3/c1-2-3-4-6-21-7-5-8-24(17-21)31(23-11-9-22(19-35)10-12-23)29-18-26(32(37)20-34(29)32)28-14-13-25-27(33-28)15-16-30(25)36/h9-12,19,21,24-31,33,36-37H,2-8,13-18,20H2,1H3. The third-order valence-electron chi connectivity index (χ3n) is 11.2. The fraction of sp³-hybridized carbons (Fsp3) is 0.781. The summed E-state index contributed by atoms with van der Waals surface area (Å²) in [5.74, 6) is 2.55. The van der Waals surface area contributed by atoms with E-state index < -0.39 is 5.72 Å². The van der Waals surface area contributed by atoms with Gasteiger partial charge in [0, 0.05) is 48.0 Å². The molecule has 0 aromatic heterocycles. The lowest BCUT2D eigenvalue weighted by molar-refractivity contribution is 0.0242. The normalized spacial score (nSPS) is 43.7. The molecule has 3 saturated heterocycles. The molecule has 6 rings (SSSR count). The van der Waals surface area contributed by atoms with Crippen LogP contribution in [0.2, 0.25) is 0 Å². The summed E-state index contributed by atoms with van der Waals surface area (Å²) in [6.07, 6.45) is 16.6. The molecule has 1 aromatic carbocycles. The largest absolute Gasteiger partial charge is 0.393 e. The fourth-order valence-corrected chi connectivity index (χ4v) is 9.26. The van der Waals surface area contributed by atoms with Crippen molar-refractivity contribution in [3.8, 4) is 0 Å². The quantitative estimate of drug-likeness (QED) is 0.241. The number of aliphatic hydroxyl groups is 2. The van der Waals surface area contributed by atoms with Gasteiger partial charge in [0.05, 0.1) is 6.10 Å². The van der Waals surface area contributed by atoms with Gasteiger partial charge in [-0.05, 0) is 62.3 Å². The molecule has 0 radical (unpaired) electrons. The second-order valence-electron chi connectivity index (χ2n) is 13.3. The monoisotopic (exact) mass is 508 g/mol. The molecule has 5 heteroatoms. The Morgan fingerprint density at radius 1 is 1.05 bits per heavy atom. The summed E-state index contributed by atoms with van der Waals surface area (Å²) in [6.45, 7) is 3.09. The zero-order valence-electron chi connectivity index (χ0n) is 22.7. The highest BCUT2D eigenvalue weighted by atomic mass is 16.3. The van der Waals surface area contributed by atoms with Crippen molar-refractivity contribution < 1.29 is 15.0 Å². The summed E-state index contributed by atoms with van der Waals surface area (Å²) in [4.78, 5) is 13.8. The number of nitrogens with zero attached hydrogens (tertiary/aromatic N) is 1. The Kier molecular flexibility index (Phi) is 7.52. The number of fused-ring (bicyclic) bond motifs is 2. The molecule has 11 unspecified atom stereocenters. The van der Waals surface area contributed by atoms with Gasteiger partial charge in [-0.15, -0.1) is 0 Å². The molecule has 5 nitrogen and oxygen atoms in total. The van der Waals surface area contributed by atoms with Crippen LogP contribution in [0.1, 0.15) is 112 Å². The summed E-state index contributed by atoms with van der Waals surface area (Å²) in [5, 5.41) is 26.1. The zero-order chi connectivity index (χ0) is 25.6. The molecule has 2 aliphatic carbocycles. The molecule has 0 amide bonds. The summed E-state index contributed by atoms with van der Waals surface area (Å²) >= 11 is 0. The van der Waals surface area contributed by atoms with Gasteiger partial charge >= 0.3 is 0 Å².